The van der Waals surface area contributed by atoms with Gasteiger partial charge in [0, 0.05) is 11.8 Å². The average Bonchev–Trinajstić information content (AvgIpc) is 2.63. The van der Waals surface area contributed by atoms with Crippen LogP contribution in [0.3, 0.4) is 0 Å². The fraction of sp³-hybridized carbons (Fsp3) is 0. The molecule has 0 saturated carbocycles. The molecule has 24 heavy (non-hydrogen) atoms. The highest BCUT2D eigenvalue weighted by Crippen LogP contribution is 2.26. The summed E-state index contributed by atoms with van der Waals surface area (Å²) >= 11 is 0. The molecule has 1 aromatic carbocycles. The van der Waals surface area contributed by atoms with E-state index in [1.165, 1.54) is 24.7 Å². The van der Waals surface area contributed by atoms with Crippen molar-refractivity contribution >= 4 is 15.7 Å². The van der Waals surface area contributed by atoms with Crippen molar-refractivity contribution < 1.29 is 8.42 Å². The Morgan fingerprint density at radius 1 is 1.00 bits per heavy atom. The smallest absolute Gasteiger partial charge is 0.263 e. The number of sulfonamides is 1. The fourth-order valence-electron chi connectivity index (χ4n) is 2.04. The van der Waals surface area contributed by atoms with Crippen LogP contribution in [0.1, 0.15) is 5.69 Å². The maximum Gasteiger partial charge on any atom is 0.263 e. The molecule has 1 N–H and O–H groups in total. The minimum Gasteiger partial charge on any atom is -0.276 e. The van der Waals surface area contributed by atoms with E-state index in [1.54, 1.807) is 0 Å². The van der Waals surface area contributed by atoms with Crippen molar-refractivity contribution in [3.63, 3.8) is 0 Å². The van der Waals surface area contributed by atoms with E-state index in [9.17, 15) is 8.42 Å². The molecule has 0 atom stereocenters. The summed E-state index contributed by atoms with van der Waals surface area (Å²) in [6.07, 6.45) is 3.88. The Morgan fingerprint density at radius 3 is 2.46 bits per heavy atom. The number of nitrogens with one attached hydrogen (secondary N) is 1. The molecule has 0 aliphatic carbocycles. The number of aromatic nitrogens is 3. The van der Waals surface area contributed by atoms with Crippen molar-refractivity contribution in [3.8, 4) is 17.3 Å². The quantitative estimate of drug-likeness (QED) is 0.782. The van der Waals surface area contributed by atoms with Crippen LogP contribution in [0.15, 0.2) is 66.1 Å². The zero-order chi connectivity index (χ0) is 17.0. The number of anilines is 1. The Hall–Kier alpha value is -3.31. The summed E-state index contributed by atoms with van der Waals surface area (Å²) in [4.78, 5) is 11.8. The first-order valence-electron chi connectivity index (χ1n) is 6.84. The van der Waals surface area contributed by atoms with Crippen molar-refractivity contribution in [2.75, 3.05) is 4.72 Å². The van der Waals surface area contributed by atoms with Gasteiger partial charge in [0.05, 0.1) is 17.6 Å². The zero-order valence-corrected chi connectivity index (χ0v) is 13.1. The third kappa shape index (κ3) is 3.21. The molecule has 8 heteroatoms. The van der Waals surface area contributed by atoms with Gasteiger partial charge in [-0.25, -0.2) is 23.4 Å². The van der Waals surface area contributed by atoms with Gasteiger partial charge in [-0.3, -0.25) is 4.72 Å². The molecule has 0 fully saturated rings. The predicted molar refractivity (Wildman–Crippen MR) is 87.2 cm³/mol. The van der Waals surface area contributed by atoms with Crippen molar-refractivity contribution in [3.05, 3.63) is 66.9 Å². The molecule has 0 unspecified atom stereocenters. The lowest BCUT2D eigenvalue weighted by Crippen LogP contribution is -2.14. The molecule has 0 radical (unpaired) electrons. The maximum absolute atomic E-state index is 12.5. The van der Waals surface area contributed by atoms with Crippen LogP contribution in [0, 0.1) is 11.3 Å². The SMILES string of the molecule is N#Cc1ccc(S(=O)(=O)Nc2cncnc2-c2ccccc2)cn1. The van der Waals surface area contributed by atoms with E-state index in [2.05, 4.69) is 19.7 Å². The van der Waals surface area contributed by atoms with Gasteiger partial charge in [0.1, 0.15) is 23.0 Å². The molecule has 0 bridgehead atoms. The minimum absolute atomic E-state index is 0.0515. The molecule has 0 aliphatic rings. The van der Waals surface area contributed by atoms with E-state index in [0.29, 0.717) is 5.69 Å². The van der Waals surface area contributed by atoms with Crippen LogP contribution in [-0.2, 0) is 10.0 Å². The summed E-state index contributed by atoms with van der Waals surface area (Å²) in [6.45, 7) is 0. The normalized spacial score (nSPS) is 10.8. The van der Waals surface area contributed by atoms with Crippen molar-refractivity contribution in [2.45, 2.75) is 4.90 Å². The van der Waals surface area contributed by atoms with Crippen LogP contribution in [0.25, 0.3) is 11.3 Å². The third-order valence-corrected chi connectivity index (χ3v) is 4.52. The van der Waals surface area contributed by atoms with Gasteiger partial charge in [-0.15, -0.1) is 0 Å². The number of rotatable bonds is 4. The Kier molecular flexibility index (Phi) is 4.18. The van der Waals surface area contributed by atoms with Gasteiger partial charge < -0.3 is 0 Å². The molecule has 0 amide bonds. The first-order valence-corrected chi connectivity index (χ1v) is 8.33. The van der Waals surface area contributed by atoms with Gasteiger partial charge >= 0.3 is 0 Å². The van der Waals surface area contributed by atoms with Crippen LogP contribution < -0.4 is 4.72 Å². The molecular formula is C16H11N5O2S. The molecule has 118 valence electrons. The third-order valence-electron chi connectivity index (χ3n) is 3.16. The molecule has 0 aliphatic heterocycles. The summed E-state index contributed by atoms with van der Waals surface area (Å²) in [5, 5.41) is 8.73. The lowest BCUT2D eigenvalue weighted by molar-refractivity contribution is 0.600. The molecule has 3 aromatic rings. The van der Waals surface area contributed by atoms with E-state index in [-0.39, 0.29) is 16.3 Å². The molecule has 2 aromatic heterocycles. The lowest BCUT2D eigenvalue weighted by Gasteiger charge is -2.11. The van der Waals surface area contributed by atoms with Gasteiger partial charge in [0.15, 0.2) is 0 Å². The highest BCUT2D eigenvalue weighted by atomic mass is 32.2. The molecular weight excluding hydrogens is 326 g/mol. The molecule has 0 spiro atoms. The topological polar surface area (TPSA) is 109 Å². The van der Waals surface area contributed by atoms with Crippen LogP contribution >= 0.6 is 0 Å². The van der Waals surface area contributed by atoms with Gasteiger partial charge in [0.25, 0.3) is 10.0 Å². The number of hydrogen-bond donors (Lipinski definition) is 1. The second kappa shape index (κ2) is 6.44. The summed E-state index contributed by atoms with van der Waals surface area (Å²) in [5.41, 5.74) is 1.63. The highest BCUT2D eigenvalue weighted by Gasteiger charge is 2.18. The van der Waals surface area contributed by atoms with Crippen molar-refractivity contribution in [1.29, 1.82) is 5.26 Å². The summed E-state index contributed by atoms with van der Waals surface area (Å²) < 4.78 is 27.5. The van der Waals surface area contributed by atoms with Gasteiger partial charge in [-0.1, -0.05) is 30.3 Å². The van der Waals surface area contributed by atoms with Crippen molar-refractivity contribution in [1.82, 2.24) is 15.0 Å². The van der Waals surface area contributed by atoms with Gasteiger partial charge in [-0.2, -0.15) is 5.26 Å². The zero-order valence-electron chi connectivity index (χ0n) is 12.3. The molecule has 0 saturated heterocycles. The van der Waals surface area contributed by atoms with Crippen LogP contribution in [-0.4, -0.2) is 23.4 Å². The monoisotopic (exact) mass is 337 g/mol. The molecule has 3 rings (SSSR count). The van der Waals surface area contributed by atoms with Crippen LogP contribution in [0.4, 0.5) is 5.69 Å². The standard InChI is InChI=1S/C16H11N5O2S/c17-8-13-6-7-14(9-19-13)24(22,23)21-15-10-18-11-20-16(15)12-4-2-1-3-5-12/h1-7,9-11,21H. The second-order valence-electron chi connectivity index (χ2n) is 4.75. The van der Waals surface area contributed by atoms with E-state index >= 15 is 0 Å². The lowest BCUT2D eigenvalue weighted by atomic mass is 10.1. The van der Waals surface area contributed by atoms with Crippen LogP contribution in [0.5, 0.6) is 0 Å². The van der Waals surface area contributed by atoms with E-state index in [0.717, 1.165) is 11.8 Å². The number of pyridine rings is 1. The Labute approximate surface area is 138 Å². The van der Waals surface area contributed by atoms with Crippen molar-refractivity contribution in [2.24, 2.45) is 0 Å². The van der Waals surface area contributed by atoms with E-state index in [1.807, 2.05) is 36.4 Å². The number of nitrogens with zero attached hydrogens (tertiary/aromatic N) is 4. The first-order chi connectivity index (χ1) is 11.6. The Balaban J connectivity index is 1.98. The Bertz CT molecular complexity index is 997. The first kappa shape index (κ1) is 15.6. The summed E-state index contributed by atoms with van der Waals surface area (Å²) in [5.74, 6) is 0. The second-order valence-corrected chi connectivity index (χ2v) is 6.43. The summed E-state index contributed by atoms with van der Waals surface area (Å²) in [6, 6.07) is 13.7. The van der Waals surface area contributed by atoms with Gasteiger partial charge in [-0.05, 0) is 12.1 Å². The molecule has 7 nitrogen and oxygen atoms in total. The maximum atomic E-state index is 12.5. The van der Waals surface area contributed by atoms with Crippen LogP contribution in [0.2, 0.25) is 0 Å². The average molecular weight is 337 g/mol. The number of hydrogen-bond acceptors (Lipinski definition) is 6. The number of benzene rings is 1. The molecule has 2 heterocycles. The van der Waals surface area contributed by atoms with Gasteiger partial charge in [0.2, 0.25) is 0 Å². The largest absolute Gasteiger partial charge is 0.276 e. The van der Waals surface area contributed by atoms with E-state index < -0.39 is 10.0 Å². The predicted octanol–water partition coefficient (Wildman–Crippen LogP) is 2.21. The summed E-state index contributed by atoms with van der Waals surface area (Å²) in [7, 11) is -3.87. The van der Waals surface area contributed by atoms with E-state index in [4.69, 9.17) is 5.26 Å². The number of nitriles is 1. The Morgan fingerprint density at radius 2 is 1.79 bits per heavy atom. The minimum atomic E-state index is -3.87. The highest BCUT2D eigenvalue weighted by molar-refractivity contribution is 7.92. The fourth-order valence-corrected chi connectivity index (χ4v) is 3.03.